The summed E-state index contributed by atoms with van der Waals surface area (Å²) in [7, 11) is 0. The molecule has 1 heterocycles. The van der Waals surface area contributed by atoms with Gasteiger partial charge >= 0.3 is 0 Å². The van der Waals surface area contributed by atoms with E-state index < -0.39 is 0 Å². The molecule has 0 spiro atoms. The Morgan fingerprint density at radius 1 is 1.17 bits per heavy atom. The van der Waals surface area contributed by atoms with Crippen molar-refractivity contribution in [2.24, 2.45) is 0 Å². The van der Waals surface area contributed by atoms with Gasteiger partial charge in [-0.15, -0.1) is 0 Å². The van der Waals surface area contributed by atoms with E-state index in [-0.39, 0.29) is 11.4 Å². The van der Waals surface area contributed by atoms with Crippen LogP contribution in [-0.4, -0.2) is 28.0 Å². The molecule has 2 N–H and O–H groups in total. The normalized spacial score (nSPS) is 11.1. The van der Waals surface area contributed by atoms with Gasteiger partial charge in [0, 0.05) is 23.3 Å². The van der Waals surface area contributed by atoms with Gasteiger partial charge in [0.2, 0.25) is 5.95 Å². The number of carbonyl (C=O) groups is 1. The monoisotopic (exact) mass is 332 g/mol. The van der Waals surface area contributed by atoms with Crippen molar-refractivity contribution in [2.75, 3.05) is 11.9 Å². The van der Waals surface area contributed by atoms with Crippen LogP contribution < -0.4 is 10.6 Å². The molecule has 5 nitrogen and oxygen atoms in total. The van der Waals surface area contributed by atoms with Gasteiger partial charge in [-0.1, -0.05) is 23.7 Å². The van der Waals surface area contributed by atoms with Gasteiger partial charge in [-0.3, -0.25) is 4.79 Å². The third-order valence-electron chi connectivity index (χ3n) is 2.99. The highest BCUT2D eigenvalue weighted by molar-refractivity contribution is 6.30. The second kappa shape index (κ2) is 7.42. The minimum Gasteiger partial charge on any atom is -0.350 e. The lowest BCUT2D eigenvalue weighted by Crippen LogP contribution is -2.29. The van der Waals surface area contributed by atoms with E-state index >= 15 is 0 Å². The molecule has 0 fully saturated rings. The number of nitrogens with zero attached hydrogens (tertiary/aromatic N) is 2. The fraction of sp³-hybridized carbons (Fsp3) is 0.353. The molecule has 23 heavy (non-hydrogen) atoms. The maximum atomic E-state index is 12.2. The number of aromatic nitrogens is 2. The molecule has 0 aliphatic heterocycles. The topological polar surface area (TPSA) is 66.9 Å². The standard InChI is InChI=1S/C17H21ClN4O/c1-17(2,3)22-16-20-11-9-14(21-16)15(23)19-10-8-12-4-6-13(18)7-5-12/h4-7,9,11H,8,10H2,1-3H3,(H,19,23)(H,20,21,22). The molecule has 0 atom stereocenters. The van der Waals surface area contributed by atoms with E-state index in [2.05, 4.69) is 20.6 Å². The van der Waals surface area contributed by atoms with Crippen LogP contribution in [0.4, 0.5) is 5.95 Å². The van der Waals surface area contributed by atoms with Gasteiger partial charge in [0.25, 0.3) is 5.91 Å². The zero-order valence-electron chi connectivity index (χ0n) is 13.6. The van der Waals surface area contributed by atoms with E-state index in [1.165, 1.54) is 0 Å². The first-order valence-electron chi connectivity index (χ1n) is 7.47. The predicted molar refractivity (Wildman–Crippen MR) is 92.9 cm³/mol. The maximum absolute atomic E-state index is 12.2. The fourth-order valence-electron chi connectivity index (χ4n) is 1.94. The Morgan fingerprint density at radius 3 is 2.52 bits per heavy atom. The Labute approximate surface area is 141 Å². The Morgan fingerprint density at radius 2 is 1.87 bits per heavy atom. The molecule has 1 aromatic heterocycles. The number of rotatable bonds is 5. The number of hydrogen-bond donors (Lipinski definition) is 2. The average Bonchev–Trinajstić information content (AvgIpc) is 2.48. The van der Waals surface area contributed by atoms with Crippen LogP contribution in [-0.2, 0) is 6.42 Å². The Bertz CT molecular complexity index is 665. The molecule has 1 aromatic carbocycles. The minimum absolute atomic E-state index is 0.163. The Kier molecular flexibility index (Phi) is 5.55. The van der Waals surface area contributed by atoms with Crippen LogP contribution in [0.2, 0.25) is 5.02 Å². The van der Waals surface area contributed by atoms with E-state index in [1.807, 2.05) is 45.0 Å². The highest BCUT2D eigenvalue weighted by Gasteiger charge is 2.13. The molecule has 1 amide bonds. The first-order chi connectivity index (χ1) is 10.8. The summed E-state index contributed by atoms with van der Waals surface area (Å²) in [5, 5.41) is 6.72. The van der Waals surface area contributed by atoms with Crippen LogP contribution in [0.25, 0.3) is 0 Å². The lowest BCUT2D eigenvalue weighted by molar-refractivity contribution is 0.0949. The van der Waals surface area contributed by atoms with E-state index in [9.17, 15) is 4.79 Å². The van der Waals surface area contributed by atoms with E-state index in [0.717, 1.165) is 12.0 Å². The SMILES string of the molecule is CC(C)(C)Nc1nccc(C(=O)NCCc2ccc(Cl)cc2)n1. The second-order valence-electron chi connectivity index (χ2n) is 6.27. The largest absolute Gasteiger partial charge is 0.350 e. The van der Waals surface area contributed by atoms with Crippen LogP contribution in [0.1, 0.15) is 36.8 Å². The Balaban J connectivity index is 1.90. The van der Waals surface area contributed by atoms with Gasteiger partial charge in [0.05, 0.1) is 0 Å². The zero-order chi connectivity index (χ0) is 16.9. The van der Waals surface area contributed by atoms with Gasteiger partial charge in [-0.05, 0) is 51.0 Å². The van der Waals surface area contributed by atoms with Crippen LogP contribution in [0.15, 0.2) is 36.5 Å². The number of benzene rings is 1. The quantitative estimate of drug-likeness (QED) is 0.881. The lowest BCUT2D eigenvalue weighted by Gasteiger charge is -2.20. The summed E-state index contributed by atoms with van der Waals surface area (Å²) in [4.78, 5) is 20.5. The third kappa shape index (κ3) is 5.87. The summed E-state index contributed by atoms with van der Waals surface area (Å²) in [5.74, 6) is 0.237. The second-order valence-corrected chi connectivity index (χ2v) is 6.71. The molecule has 0 saturated carbocycles. The van der Waals surface area contributed by atoms with Gasteiger partial charge in [0.15, 0.2) is 0 Å². The molecular weight excluding hydrogens is 312 g/mol. The summed E-state index contributed by atoms with van der Waals surface area (Å²) in [5.41, 5.74) is 1.30. The third-order valence-corrected chi connectivity index (χ3v) is 3.24. The fourth-order valence-corrected chi connectivity index (χ4v) is 2.07. The lowest BCUT2D eigenvalue weighted by atomic mass is 10.1. The van der Waals surface area contributed by atoms with Crippen molar-refractivity contribution in [1.29, 1.82) is 0 Å². The Hall–Kier alpha value is -2.14. The molecule has 0 saturated heterocycles. The van der Waals surface area contributed by atoms with Gasteiger partial charge in [0.1, 0.15) is 5.69 Å². The molecular formula is C17H21ClN4O. The van der Waals surface area contributed by atoms with Crippen LogP contribution in [0, 0.1) is 0 Å². The van der Waals surface area contributed by atoms with Gasteiger partial charge in [-0.2, -0.15) is 0 Å². The number of nitrogens with one attached hydrogen (secondary N) is 2. The summed E-state index contributed by atoms with van der Waals surface area (Å²) < 4.78 is 0. The van der Waals surface area contributed by atoms with E-state index in [4.69, 9.17) is 11.6 Å². The van der Waals surface area contributed by atoms with Gasteiger partial charge in [-0.25, -0.2) is 9.97 Å². The molecule has 0 aliphatic rings. The molecule has 0 unspecified atom stereocenters. The average molecular weight is 333 g/mol. The highest BCUT2D eigenvalue weighted by Crippen LogP contribution is 2.10. The molecule has 0 bridgehead atoms. The number of hydrogen-bond acceptors (Lipinski definition) is 4. The molecule has 2 aromatic rings. The van der Waals surface area contributed by atoms with Crippen molar-refractivity contribution in [2.45, 2.75) is 32.7 Å². The molecule has 122 valence electrons. The van der Waals surface area contributed by atoms with Crippen molar-refractivity contribution in [3.05, 3.63) is 52.8 Å². The van der Waals surface area contributed by atoms with Crippen molar-refractivity contribution in [1.82, 2.24) is 15.3 Å². The van der Waals surface area contributed by atoms with Crippen LogP contribution in [0.3, 0.4) is 0 Å². The summed E-state index contributed by atoms with van der Waals surface area (Å²) in [6.07, 6.45) is 2.32. The molecule has 0 aliphatic carbocycles. The number of carbonyl (C=O) groups excluding carboxylic acids is 1. The maximum Gasteiger partial charge on any atom is 0.270 e. The van der Waals surface area contributed by atoms with Crippen molar-refractivity contribution in [3.8, 4) is 0 Å². The highest BCUT2D eigenvalue weighted by atomic mass is 35.5. The van der Waals surface area contributed by atoms with Crippen LogP contribution >= 0.6 is 11.6 Å². The smallest absolute Gasteiger partial charge is 0.270 e. The van der Waals surface area contributed by atoms with Gasteiger partial charge < -0.3 is 10.6 Å². The van der Waals surface area contributed by atoms with Crippen LogP contribution in [0.5, 0.6) is 0 Å². The van der Waals surface area contributed by atoms with E-state index in [0.29, 0.717) is 23.2 Å². The molecule has 6 heteroatoms. The summed E-state index contributed by atoms with van der Waals surface area (Å²) in [6.45, 7) is 6.56. The first kappa shape index (κ1) is 17.2. The van der Waals surface area contributed by atoms with Crippen molar-refractivity contribution in [3.63, 3.8) is 0 Å². The minimum atomic E-state index is -0.210. The summed E-state index contributed by atoms with van der Waals surface area (Å²) >= 11 is 5.85. The summed E-state index contributed by atoms with van der Waals surface area (Å²) in [6, 6.07) is 9.18. The zero-order valence-corrected chi connectivity index (χ0v) is 14.3. The number of anilines is 1. The molecule has 2 rings (SSSR count). The first-order valence-corrected chi connectivity index (χ1v) is 7.85. The predicted octanol–water partition coefficient (Wildman–Crippen LogP) is 3.31. The van der Waals surface area contributed by atoms with Crippen molar-refractivity contribution < 1.29 is 4.79 Å². The number of halogens is 1. The number of amides is 1. The molecule has 0 radical (unpaired) electrons. The van der Waals surface area contributed by atoms with E-state index in [1.54, 1.807) is 12.3 Å². The van der Waals surface area contributed by atoms with Crippen molar-refractivity contribution >= 4 is 23.5 Å².